The van der Waals surface area contributed by atoms with E-state index in [-0.39, 0.29) is 18.4 Å². The van der Waals surface area contributed by atoms with E-state index in [9.17, 15) is 4.79 Å². The second-order valence-corrected chi connectivity index (χ2v) is 8.51. The average molecular weight is 447 g/mol. The maximum atomic E-state index is 12.7. The van der Waals surface area contributed by atoms with Crippen molar-refractivity contribution in [3.05, 3.63) is 58.1 Å². The highest BCUT2D eigenvalue weighted by molar-refractivity contribution is 7.99. The Hall–Kier alpha value is -2.25. The number of carbonyl (C=O) groups excluding carboxylic acids is 1. The Morgan fingerprint density at radius 3 is 2.60 bits per heavy atom. The molecule has 30 heavy (non-hydrogen) atoms. The fourth-order valence-electron chi connectivity index (χ4n) is 3.45. The molecule has 1 N–H and O–H groups in total. The SMILES string of the molecule is CCC(CC)n1c(COc2ccccc2Cl)nnc1SCC(=O)c1cc(C)[nH]c1C. The molecule has 0 radical (unpaired) electrons. The van der Waals surface area contributed by atoms with E-state index < -0.39 is 0 Å². The van der Waals surface area contributed by atoms with Crippen LogP contribution < -0.4 is 4.74 Å². The lowest BCUT2D eigenvalue weighted by Crippen LogP contribution is -2.15. The normalized spacial score (nSPS) is 11.3. The van der Waals surface area contributed by atoms with Gasteiger partial charge < -0.3 is 14.3 Å². The van der Waals surface area contributed by atoms with Crippen molar-refractivity contribution in [3.63, 3.8) is 0 Å². The van der Waals surface area contributed by atoms with Crippen LogP contribution >= 0.6 is 23.4 Å². The number of aromatic amines is 1. The molecule has 160 valence electrons. The number of para-hydroxylation sites is 1. The summed E-state index contributed by atoms with van der Waals surface area (Å²) in [6, 6.07) is 9.49. The summed E-state index contributed by atoms with van der Waals surface area (Å²) >= 11 is 7.61. The van der Waals surface area contributed by atoms with E-state index in [0.717, 1.165) is 40.8 Å². The molecule has 0 fully saturated rings. The summed E-state index contributed by atoms with van der Waals surface area (Å²) in [4.78, 5) is 15.9. The van der Waals surface area contributed by atoms with Crippen molar-refractivity contribution in [1.29, 1.82) is 0 Å². The predicted octanol–water partition coefficient (Wildman–Crippen LogP) is 5.79. The van der Waals surface area contributed by atoms with Gasteiger partial charge in [0.1, 0.15) is 12.4 Å². The first kappa shape index (κ1) is 22.4. The molecule has 3 aromatic rings. The Labute approximate surface area is 186 Å². The minimum atomic E-state index is 0.0785. The Kier molecular flexibility index (Phi) is 7.61. The third kappa shape index (κ3) is 5.08. The zero-order valence-corrected chi connectivity index (χ0v) is 19.3. The van der Waals surface area contributed by atoms with Crippen molar-refractivity contribution in [3.8, 4) is 5.75 Å². The number of aryl methyl sites for hydroxylation is 2. The molecule has 0 aliphatic rings. The zero-order chi connectivity index (χ0) is 21.7. The molecule has 0 unspecified atom stereocenters. The molecule has 0 amide bonds. The molecular weight excluding hydrogens is 420 g/mol. The Morgan fingerprint density at radius 1 is 1.23 bits per heavy atom. The lowest BCUT2D eigenvalue weighted by molar-refractivity contribution is 0.102. The van der Waals surface area contributed by atoms with Crippen LogP contribution in [-0.2, 0) is 6.61 Å². The van der Waals surface area contributed by atoms with Crippen LogP contribution in [0.1, 0.15) is 60.3 Å². The van der Waals surface area contributed by atoms with Gasteiger partial charge >= 0.3 is 0 Å². The molecular formula is C22H27ClN4O2S. The second kappa shape index (κ2) is 10.2. The van der Waals surface area contributed by atoms with E-state index in [1.54, 1.807) is 6.07 Å². The molecule has 0 atom stereocenters. The van der Waals surface area contributed by atoms with Gasteiger partial charge in [0.15, 0.2) is 16.8 Å². The predicted molar refractivity (Wildman–Crippen MR) is 121 cm³/mol. The summed E-state index contributed by atoms with van der Waals surface area (Å²) in [7, 11) is 0. The highest BCUT2D eigenvalue weighted by Gasteiger charge is 2.21. The Morgan fingerprint density at radius 2 is 1.97 bits per heavy atom. The number of hydrogen-bond donors (Lipinski definition) is 1. The third-order valence-electron chi connectivity index (χ3n) is 5.02. The van der Waals surface area contributed by atoms with E-state index in [1.807, 2.05) is 38.1 Å². The van der Waals surface area contributed by atoms with Crippen molar-refractivity contribution in [2.45, 2.75) is 58.3 Å². The maximum Gasteiger partial charge on any atom is 0.192 e. The van der Waals surface area contributed by atoms with Crippen molar-refractivity contribution in [2.24, 2.45) is 0 Å². The van der Waals surface area contributed by atoms with Crippen LogP contribution in [-0.4, -0.2) is 31.3 Å². The minimum absolute atomic E-state index is 0.0785. The van der Waals surface area contributed by atoms with Gasteiger partial charge in [-0.2, -0.15) is 0 Å². The number of Topliss-reactive ketones (excluding diaryl/α,β-unsaturated/α-hetero) is 1. The van der Waals surface area contributed by atoms with Crippen LogP contribution in [0, 0.1) is 13.8 Å². The van der Waals surface area contributed by atoms with E-state index >= 15 is 0 Å². The third-order valence-corrected chi connectivity index (χ3v) is 6.27. The van der Waals surface area contributed by atoms with Crippen LogP contribution in [0.3, 0.4) is 0 Å². The average Bonchev–Trinajstić information content (AvgIpc) is 3.29. The first-order valence-electron chi connectivity index (χ1n) is 10.1. The molecule has 3 rings (SSSR count). The largest absolute Gasteiger partial charge is 0.484 e. The van der Waals surface area contributed by atoms with Gasteiger partial charge in [-0.1, -0.05) is 49.3 Å². The van der Waals surface area contributed by atoms with Crippen LogP contribution in [0.4, 0.5) is 0 Å². The number of thioether (sulfide) groups is 1. The molecule has 1 aromatic carbocycles. The van der Waals surface area contributed by atoms with Crippen LogP contribution in [0.25, 0.3) is 0 Å². The minimum Gasteiger partial charge on any atom is -0.484 e. The summed E-state index contributed by atoms with van der Waals surface area (Å²) in [5.74, 6) is 1.73. The van der Waals surface area contributed by atoms with Gasteiger partial charge in [-0.05, 0) is 44.9 Å². The molecule has 0 saturated heterocycles. The lowest BCUT2D eigenvalue weighted by atomic mass is 10.2. The fraction of sp³-hybridized carbons (Fsp3) is 0.409. The smallest absolute Gasteiger partial charge is 0.192 e. The van der Waals surface area contributed by atoms with Crippen molar-refractivity contribution in [1.82, 2.24) is 19.7 Å². The lowest BCUT2D eigenvalue weighted by Gasteiger charge is -2.19. The Bertz CT molecular complexity index is 1010. The Balaban J connectivity index is 1.77. The quantitative estimate of drug-likeness (QED) is 0.315. The van der Waals surface area contributed by atoms with Crippen molar-refractivity contribution < 1.29 is 9.53 Å². The topological polar surface area (TPSA) is 72.8 Å². The molecule has 8 heteroatoms. The molecule has 0 bridgehead atoms. The van der Waals surface area contributed by atoms with Crippen molar-refractivity contribution in [2.75, 3.05) is 5.75 Å². The monoisotopic (exact) mass is 446 g/mol. The van der Waals surface area contributed by atoms with Gasteiger partial charge in [0.2, 0.25) is 0 Å². The standard InChI is InChI=1S/C22H27ClN4O2S/c1-5-16(6-2)27-21(12-29-20-10-8-7-9-18(20)23)25-26-22(27)30-13-19(28)17-11-14(3)24-15(17)4/h7-11,16,24H,5-6,12-13H2,1-4H3. The summed E-state index contributed by atoms with van der Waals surface area (Å²) in [5.41, 5.74) is 2.62. The number of ketones is 1. The van der Waals surface area contributed by atoms with Gasteiger partial charge in [0.05, 0.1) is 10.8 Å². The fourth-order valence-corrected chi connectivity index (χ4v) is 4.55. The first-order chi connectivity index (χ1) is 14.4. The number of benzene rings is 1. The molecule has 0 saturated carbocycles. The number of H-pyrrole nitrogens is 1. The van der Waals surface area contributed by atoms with Crippen LogP contribution in [0.5, 0.6) is 5.75 Å². The summed E-state index contributed by atoms with van der Waals surface area (Å²) < 4.78 is 8.00. The molecule has 0 aliphatic carbocycles. The van der Waals surface area contributed by atoms with Crippen LogP contribution in [0.15, 0.2) is 35.5 Å². The van der Waals surface area contributed by atoms with E-state index in [1.165, 1.54) is 11.8 Å². The second-order valence-electron chi connectivity index (χ2n) is 7.16. The van der Waals surface area contributed by atoms with E-state index in [4.69, 9.17) is 16.3 Å². The highest BCUT2D eigenvalue weighted by atomic mass is 35.5. The van der Waals surface area contributed by atoms with E-state index in [0.29, 0.717) is 16.5 Å². The summed E-state index contributed by atoms with van der Waals surface area (Å²) in [6.07, 6.45) is 1.87. The number of halogens is 1. The number of hydrogen-bond acceptors (Lipinski definition) is 5. The molecule has 0 spiro atoms. The van der Waals surface area contributed by atoms with E-state index in [2.05, 4.69) is 33.6 Å². The number of rotatable bonds is 10. The molecule has 2 heterocycles. The van der Waals surface area contributed by atoms with Gasteiger partial charge in [-0.25, -0.2) is 0 Å². The van der Waals surface area contributed by atoms with Gasteiger partial charge in [0, 0.05) is 23.0 Å². The number of ether oxygens (including phenoxy) is 1. The van der Waals surface area contributed by atoms with Crippen LogP contribution in [0.2, 0.25) is 5.02 Å². The zero-order valence-electron chi connectivity index (χ0n) is 17.7. The molecule has 6 nitrogen and oxygen atoms in total. The number of nitrogens with one attached hydrogen (secondary N) is 1. The van der Waals surface area contributed by atoms with Gasteiger partial charge in [0.25, 0.3) is 0 Å². The molecule has 2 aromatic heterocycles. The summed E-state index contributed by atoms with van der Waals surface area (Å²) in [6.45, 7) is 8.41. The highest BCUT2D eigenvalue weighted by Crippen LogP contribution is 2.29. The maximum absolute atomic E-state index is 12.7. The number of carbonyl (C=O) groups is 1. The molecule has 0 aliphatic heterocycles. The number of nitrogens with zero attached hydrogens (tertiary/aromatic N) is 3. The summed E-state index contributed by atoms with van der Waals surface area (Å²) in [5, 5.41) is 10.0. The number of aromatic nitrogens is 4. The first-order valence-corrected chi connectivity index (χ1v) is 11.4. The van der Waals surface area contributed by atoms with Gasteiger partial charge in [-0.3, -0.25) is 4.79 Å². The van der Waals surface area contributed by atoms with Crippen molar-refractivity contribution >= 4 is 29.1 Å². The van der Waals surface area contributed by atoms with Gasteiger partial charge in [-0.15, -0.1) is 10.2 Å².